The van der Waals surface area contributed by atoms with Crippen LogP contribution in [-0.2, 0) is 11.2 Å². The first kappa shape index (κ1) is 26.9. The van der Waals surface area contributed by atoms with Crippen molar-refractivity contribution in [1.82, 2.24) is 4.90 Å². The molecule has 0 heterocycles. The minimum atomic E-state index is -0.0981. The number of carbonyl (C=O) groups is 1. The van der Waals surface area contributed by atoms with E-state index in [2.05, 4.69) is 24.1 Å². The summed E-state index contributed by atoms with van der Waals surface area (Å²) in [4.78, 5) is 14.6. The highest BCUT2D eigenvalue weighted by atomic mass is 35.5. The fourth-order valence-corrected chi connectivity index (χ4v) is 2.72. The third-order valence-electron chi connectivity index (χ3n) is 4.35. The fourth-order valence-electron chi connectivity index (χ4n) is 2.72. The summed E-state index contributed by atoms with van der Waals surface area (Å²) in [5.41, 5.74) is 7.94. The molecule has 162 valence electrons. The molecule has 1 amide bonds. The molecule has 2 rings (SSSR count). The van der Waals surface area contributed by atoms with Gasteiger partial charge in [-0.15, -0.1) is 24.8 Å². The quantitative estimate of drug-likeness (QED) is 0.542. The van der Waals surface area contributed by atoms with E-state index in [9.17, 15) is 4.79 Å². The van der Waals surface area contributed by atoms with Gasteiger partial charge in [-0.3, -0.25) is 4.79 Å². The summed E-state index contributed by atoms with van der Waals surface area (Å²) in [5, 5.41) is 2.90. The van der Waals surface area contributed by atoms with E-state index in [0.717, 1.165) is 25.2 Å². The Bertz CT molecular complexity index is 738. The summed E-state index contributed by atoms with van der Waals surface area (Å²) < 4.78 is 11.2. The van der Waals surface area contributed by atoms with Crippen molar-refractivity contribution in [1.29, 1.82) is 0 Å². The van der Waals surface area contributed by atoms with Gasteiger partial charge in [0.05, 0.1) is 13.5 Å². The van der Waals surface area contributed by atoms with Crippen LogP contribution in [0.25, 0.3) is 0 Å². The van der Waals surface area contributed by atoms with Crippen molar-refractivity contribution >= 4 is 42.1 Å². The molecule has 0 saturated heterocycles. The molecule has 0 spiro atoms. The van der Waals surface area contributed by atoms with Crippen LogP contribution in [0.4, 0.5) is 11.4 Å². The topological polar surface area (TPSA) is 76.8 Å². The van der Waals surface area contributed by atoms with Gasteiger partial charge in [-0.1, -0.05) is 26.0 Å². The molecule has 0 aliphatic rings. The Hall–Kier alpha value is -2.15. The number of methoxy groups -OCH3 is 1. The largest absolute Gasteiger partial charge is 0.493 e. The molecular formula is C21H31Cl2N3O3. The Morgan fingerprint density at radius 2 is 1.69 bits per heavy atom. The molecule has 0 fully saturated rings. The molecule has 0 saturated carbocycles. The first-order chi connectivity index (χ1) is 13.0. The van der Waals surface area contributed by atoms with E-state index >= 15 is 0 Å². The number of carbonyl (C=O) groups excluding carboxylic acids is 1. The number of halogens is 2. The molecule has 0 unspecified atom stereocenters. The SMILES string of the molecule is CCN(CC)CCOc1cc(NC(=O)Cc2ccc(N)cc2)ccc1OC.Cl.Cl. The maximum Gasteiger partial charge on any atom is 0.228 e. The highest BCUT2D eigenvalue weighted by molar-refractivity contribution is 5.92. The van der Waals surface area contributed by atoms with Gasteiger partial charge in [0.1, 0.15) is 6.61 Å². The van der Waals surface area contributed by atoms with E-state index in [0.29, 0.717) is 29.5 Å². The highest BCUT2D eigenvalue weighted by Crippen LogP contribution is 2.30. The van der Waals surface area contributed by atoms with Crippen LogP contribution in [-0.4, -0.2) is 44.2 Å². The molecule has 2 aromatic carbocycles. The first-order valence-electron chi connectivity index (χ1n) is 9.23. The molecule has 0 aromatic heterocycles. The van der Waals surface area contributed by atoms with Gasteiger partial charge in [-0.05, 0) is 42.9 Å². The van der Waals surface area contributed by atoms with E-state index in [1.54, 1.807) is 37.4 Å². The summed E-state index contributed by atoms with van der Waals surface area (Å²) >= 11 is 0. The minimum absolute atomic E-state index is 0. The van der Waals surface area contributed by atoms with E-state index in [1.807, 2.05) is 12.1 Å². The monoisotopic (exact) mass is 443 g/mol. The number of ether oxygens (including phenoxy) is 2. The number of hydrogen-bond donors (Lipinski definition) is 2. The molecular weight excluding hydrogens is 413 g/mol. The fraction of sp³-hybridized carbons (Fsp3) is 0.381. The van der Waals surface area contributed by atoms with Crippen molar-refractivity contribution in [3.8, 4) is 11.5 Å². The van der Waals surface area contributed by atoms with Gasteiger partial charge < -0.3 is 25.4 Å². The predicted molar refractivity (Wildman–Crippen MR) is 124 cm³/mol. The maximum absolute atomic E-state index is 12.3. The Morgan fingerprint density at radius 3 is 2.28 bits per heavy atom. The molecule has 3 N–H and O–H groups in total. The Kier molecular flexibility index (Phi) is 12.9. The molecule has 8 heteroatoms. The van der Waals surface area contributed by atoms with Crippen LogP contribution in [0.3, 0.4) is 0 Å². The van der Waals surface area contributed by atoms with Gasteiger partial charge in [0.2, 0.25) is 5.91 Å². The summed E-state index contributed by atoms with van der Waals surface area (Å²) in [7, 11) is 1.60. The van der Waals surface area contributed by atoms with Gasteiger partial charge in [0, 0.05) is 24.0 Å². The van der Waals surface area contributed by atoms with E-state index in [1.165, 1.54) is 0 Å². The van der Waals surface area contributed by atoms with Gasteiger partial charge in [-0.25, -0.2) is 0 Å². The van der Waals surface area contributed by atoms with Crippen LogP contribution >= 0.6 is 24.8 Å². The number of amides is 1. The lowest BCUT2D eigenvalue weighted by Crippen LogP contribution is -2.28. The number of likely N-dealkylation sites (N-methyl/N-ethyl adjacent to an activating group) is 1. The van der Waals surface area contributed by atoms with Crippen LogP contribution in [0, 0.1) is 0 Å². The highest BCUT2D eigenvalue weighted by Gasteiger charge is 2.10. The average Bonchev–Trinajstić information content (AvgIpc) is 2.67. The van der Waals surface area contributed by atoms with Gasteiger partial charge in [-0.2, -0.15) is 0 Å². The first-order valence-corrected chi connectivity index (χ1v) is 9.23. The van der Waals surface area contributed by atoms with Crippen LogP contribution < -0.4 is 20.5 Å². The second-order valence-electron chi connectivity index (χ2n) is 6.21. The van der Waals surface area contributed by atoms with Crippen molar-refractivity contribution in [2.75, 3.05) is 44.4 Å². The van der Waals surface area contributed by atoms with Crippen LogP contribution in [0.2, 0.25) is 0 Å². The molecule has 0 aliphatic carbocycles. The summed E-state index contributed by atoms with van der Waals surface area (Å²) in [6.07, 6.45) is 0.282. The molecule has 0 bridgehead atoms. The minimum Gasteiger partial charge on any atom is -0.493 e. The number of nitrogens with two attached hydrogens (primary N) is 1. The van der Waals surface area contributed by atoms with Crippen LogP contribution in [0.1, 0.15) is 19.4 Å². The van der Waals surface area contributed by atoms with Crippen molar-refractivity contribution in [3.63, 3.8) is 0 Å². The Balaban J connectivity index is 0.00000392. The standard InChI is InChI=1S/C21H29N3O3.2ClH/c1-4-24(5-2)12-13-27-20-15-18(10-11-19(20)26-3)23-21(25)14-16-6-8-17(22)9-7-16;;/h6-11,15H,4-5,12-14,22H2,1-3H3,(H,23,25);2*1H. The third-order valence-corrected chi connectivity index (χ3v) is 4.35. The second-order valence-corrected chi connectivity index (χ2v) is 6.21. The Morgan fingerprint density at radius 1 is 1.03 bits per heavy atom. The molecule has 0 atom stereocenters. The summed E-state index contributed by atoms with van der Waals surface area (Å²) in [6, 6.07) is 12.7. The lowest BCUT2D eigenvalue weighted by Gasteiger charge is -2.19. The molecule has 0 radical (unpaired) electrons. The van der Waals surface area contributed by atoms with Crippen LogP contribution in [0.15, 0.2) is 42.5 Å². The zero-order valence-corrected chi connectivity index (χ0v) is 18.8. The summed E-state index contributed by atoms with van der Waals surface area (Å²) in [5.74, 6) is 1.17. The van der Waals surface area contributed by atoms with E-state index in [4.69, 9.17) is 15.2 Å². The van der Waals surface area contributed by atoms with E-state index < -0.39 is 0 Å². The number of anilines is 2. The van der Waals surface area contributed by atoms with Crippen molar-refractivity contribution in [2.24, 2.45) is 0 Å². The zero-order valence-electron chi connectivity index (χ0n) is 17.1. The molecule has 2 aromatic rings. The molecule has 29 heavy (non-hydrogen) atoms. The summed E-state index contributed by atoms with van der Waals surface area (Å²) in [6.45, 7) is 7.61. The van der Waals surface area contributed by atoms with Crippen molar-refractivity contribution < 1.29 is 14.3 Å². The number of nitrogens with zero attached hydrogens (tertiary/aromatic N) is 1. The normalized spacial score (nSPS) is 9.93. The lowest BCUT2D eigenvalue weighted by molar-refractivity contribution is -0.115. The second kappa shape index (κ2) is 13.9. The number of rotatable bonds is 10. The molecule has 6 nitrogen and oxygen atoms in total. The maximum atomic E-state index is 12.3. The van der Waals surface area contributed by atoms with E-state index in [-0.39, 0.29) is 37.1 Å². The smallest absolute Gasteiger partial charge is 0.228 e. The average molecular weight is 444 g/mol. The van der Waals surface area contributed by atoms with Crippen molar-refractivity contribution in [2.45, 2.75) is 20.3 Å². The Labute approximate surface area is 185 Å². The lowest BCUT2D eigenvalue weighted by atomic mass is 10.1. The van der Waals surface area contributed by atoms with Crippen LogP contribution in [0.5, 0.6) is 11.5 Å². The van der Waals surface area contributed by atoms with Crippen molar-refractivity contribution in [3.05, 3.63) is 48.0 Å². The van der Waals surface area contributed by atoms with Gasteiger partial charge in [0.15, 0.2) is 11.5 Å². The zero-order chi connectivity index (χ0) is 19.6. The van der Waals surface area contributed by atoms with Gasteiger partial charge in [0.25, 0.3) is 0 Å². The number of nitrogen functional groups attached to an aromatic ring is 1. The number of benzene rings is 2. The molecule has 0 aliphatic heterocycles. The number of nitrogens with one attached hydrogen (secondary N) is 1. The third kappa shape index (κ3) is 8.81. The number of hydrogen-bond acceptors (Lipinski definition) is 5. The predicted octanol–water partition coefficient (Wildman–Crippen LogP) is 4.02. The van der Waals surface area contributed by atoms with Gasteiger partial charge >= 0.3 is 0 Å².